The van der Waals surface area contributed by atoms with E-state index in [1.54, 1.807) is 11.3 Å². The zero-order valence-corrected chi connectivity index (χ0v) is 18.1. The van der Waals surface area contributed by atoms with Gasteiger partial charge in [-0.25, -0.2) is 4.79 Å². The van der Waals surface area contributed by atoms with Crippen molar-refractivity contribution in [3.05, 3.63) is 5.01 Å². The third-order valence-electron chi connectivity index (χ3n) is 6.81. The van der Waals surface area contributed by atoms with Gasteiger partial charge in [0.05, 0.1) is 0 Å². The average molecular weight is 406 g/mol. The van der Waals surface area contributed by atoms with E-state index in [9.17, 15) is 4.79 Å². The van der Waals surface area contributed by atoms with Crippen LogP contribution >= 0.6 is 11.3 Å². The molecule has 0 spiro atoms. The van der Waals surface area contributed by atoms with Crippen LogP contribution in [0.5, 0.6) is 0 Å². The van der Waals surface area contributed by atoms with Crippen molar-refractivity contribution < 1.29 is 4.79 Å². The number of carbonyl (C=O) groups is 1. The summed E-state index contributed by atoms with van der Waals surface area (Å²) in [7, 11) is 0. The maximum absolute atomic E-state index is 12.8. The average Bonchev–Trinajstić information content (AvgIpc) is 3.19. The standard InChI is InChI=1S/C21H35N5OS/c1-16-9-12-25(13-10-16)14-17-6-5-11-26(15-17)21(27)22-20-24-23-19(28-20)18-7-3-2-4-8-18/h16-18H,2-15H2,1H3,(H,22,24,27)/t17-/m1/s1. The summed E-state index contributed by atoms with van der Waals surface area (Å²) in [4.78, 5) is 17.4. The van der Waals surface area contributed by atoms with Gasteiger partial charge in [0.15, 0.2) is 0 Å². The van der Waals surface area contributed by atoms with E-state index >= 15 is 0 Å². The number of hydrogen-bond acceptors (Lipinski definition) is 5. The summed E-state index contributed by atoms with van der Waals surface area (Å²) in [6.07, 6.45) is 11.3. The van der Waals surface area contributed by atoms with Crippen molar-refractivity contribution in [3.8, 4) is 0 Å². The first kappa shape index (κ1) is 20.1. The number of nitrogens with one attached hydrogen (secondary N) is 1. The molecule has 1 aromatic heterocycles. The predicted octanol–water partition coefficient (Wildman–Crippen LogP) is 4.56. The van der Waals surface area contributed by atoms with Crippen LogP contribution in [-0.4, -0.2) is 58.8 Å². The third kappa shape index (κ3) is 5.23. The van der Waals surface area contributed by atoms with E-state index in [1.807, 2.05) is 4.90 Å². The third-order valence-corrected chi connectivity index (χ3v) is 7.81. The second kappa shape index (κ2) is 9.53. The first-order valence-electron chi connectivity index (χ1n) is 11.3. The summed E-state index contributed by atoms with van der Waals surface area (Å²) in [6.45, 7) is 7.66. The molecule has 3 aliphatic rings. The molecule has 2 saturated heterocycles. The Morgan fingerprint density at radius 3 is 2.61 bits per heavy atom. The second-order valence-electron chi connectivity index (χ2n) is 9.15. The molecule has 1 N–H and O–H groups in total. The Kier molecular flexibility index (Phi) is 6.83. The van der Waals surface area contributed by atoms with Crippen LogP contribution in [0, 0.1) is 11.8 Å². The summed E-state index contributed by atoms with van der Waals surface area (Å²) in [5.74, 6) is 2.01. The molecule has 7 heteroatoms. The van der Waals surface area contributed by atoms with Gasteiger partial charge in [-0.15, -0.1) is 10.2 Å². The highest BCUT2D eigenvalue weighted by atomic mass is 32.1. The van der Waals surface area contributed by atoms with E-state index in [1.165, 1.54) is 64.5 Å². The van der Waals surface area contributed by atoms with Gasteiger partial charge in [0.1, 0.15) is 5.01 Å². The summed E-state index contributed by atoms with van der Waals surface area (Å²) in [6, 6.07) is 0.00307. The van der Waals surface area contributed by atoms with Gasteiger partial charge in [0.2, 0.25) is 5.13 Å². The first-order valence-corrected chi connectivity index (χ1v) is 12.1. The highest BCUT2D eigenvalue weighted by Crippen LogP contribution is 2.35. The number of likely N-dealkylation sites (tertiary alicyclic amines) is 2. The van der Waals surface area contributed by atoms with Crippen molar-refractivity contribution in [2.75, 3.05) is 38.0 Å². The lowest BCUT2D eigenvalue weighted by atomic mass is 9.90. The van der Waals surface area contributed by atoms with Crippen molar-refractivity contribution in [1.82, 2.24) is 20.0 Å². The number of piperidine rings is 2. The topological polar surface area (TPSA) is 61.4 Å². The molecule has 4 rings (SSSR count). The van der Waals surface area contributed by atoms with E-state index in [4.69, 9.17) is 0 Å². The number of rotatable bonds is 4. The molecule has 0 bridgehead atoms. The zero-order valence-electron chi connectivity index (χ0n) is 17.2. The molecule has 28 heavy (non-hydrogen) atoms. The van der Waals surface area contributed by atoms with Crippen molar-refractivity contribution in [2.24, 2.45) is 11.8 Å². The highest BCUT2D eigenvalue weighted by molar-refractivity contribution is 7.15. The largest absolute Gasteiger partial charge is 0.324 e. The Bertz CT molecular complexity index is 636. The maximum Gasteiger partial charge on any atom is 0.323 e. The molecule has 0 radical (unpaired) electrons. The minimum absolute atomic E-state index is 0.00307. The van der Waals surface area contributed by atoms with Gasteiger partial charge in [0.25, 0.3) is 0 Å². The molecule has 1 aromatic rings. The molecule has 1 atom stereocenters. The molecule has 6 nitrogen and oxygen atoms in total. The molecule has 0 unspecified atom stereocenters. The van der Waals surface area contributed by atoms with Crippen LogP contribution < -0.4 is 5.32 Å². The smallest absolute Gasteiger partial charge is 0.323 e. The number of anilines is 1. The number of hydrogen-bond donors (Lipinski definition) is 1. The number of nitrogens with zero attached hydrogens (tertiary/aromatic N) is 4. The van der Waals surface area contributed by atoms with Crippen LogP contribution in [0.25, 0.3) is 0 Å². The molecular weight excluding hydrogens is 370 g/mol. The molecule has 2 amide bonds. The van der Waals surface area contributed by atoms with Crippen molar-refractivity contribution in [1.29, 1.82) is 0 Å². The summed E-state index contributed by atoms with van der Waals surface area (Å²) in [5, 5.41) is 13.4. The fourth-order valence-corrected chi connectivity index (χ4v) is 5.88. The Balaban J connectivity index is 1.26. The van der Waals surface area contributed by atoms with Gasteiger partial charge in [0, 0.05) is 25.6 Å². The van der Waals surface area contributed by atoms with Crippen molar-refractivity contribution in [2.45, 2.75) is 70.6 Å². The monoisotopic (exact) mass is 405 g/mol. The Labute approximate surface area is 173 Å². The molecule has 3 fully saturated rings. The van der Waals surface area contributed by atoms with Crippen LogP contribution in [0.3, 0.4) is 0 Å². The molecule has 1 saturated carbocycles. The fourth-order valence-electron chi connectivity index (χ4n) is 4.98. The van der Waals surface area contributed by atoms with E-state index in [0.717, 1.165) is 37.0 Å². The fraction of sp³-hybridized carbons (Fsp3) is 0.857. The van der Waals surface area contributed by atoms with Crippen molar-refractivity contribution >= 4 is 22.5 Å². The summed E-state index contributed by atoms with van der Waals surface area (Å²) >= 11 is 1.57. The van der Waals surface area contributed by atoms with E-state index in [2.05, 4.69) is 27.3 Å². The SMILES string of the molecule is CC1CCN(C[C@H]2CCCN(C(=O)Nc3nnc(C4CCCCC4)s3)C2)CC1. The zero-order chi connectivity index (χ0) is 19.3. The van der Waals surface area contributed by atoms with Crippen molar-refractivity contribution in [3.63, 3.8) is 0 Å². The minimum atomic E-state index is 0.00307. The van der Waals surface area contributed by atoms with Gasteiger partial charge in [-0.3, -0.25) is 5.32 Å². The Hall–Kier alpha value is -1.21. The van der Waals surface area contributed by atoms with Gasteiger partial charge >= 0.3 is 6.03 Å². The maximum atomic E-state index is 12.8. The van der Waals surface area contributed by atoms with Crippen LogP contribution in [0.15, 0.2) is 0 Å². The Morgan fingerprint density at radius 1 is 1.04 bits per heavy atom. The highest BCUT2D eigenvalue weighted by Gasteiger charge is 2.27. The van der Waals surface area contributed by atoms with Crippen LogP contribution in [0.1, 0.15) is 75.6 Å². The minimum Gasteiger partial charge on any atom is -0.324 e. The second-order valence-corrected chi connectivity index (χ2v) is 10.2. The number of aromatic nitrogens is 2. The predicted molar refractivity (Wildman–Crippen MR) is 114 cm³/mol. The molecule has 0 aromatic carbocycles. The van der Waals surface area contributed by atoms with E-state index < -0.39 is 0 Å². The lowest BCUT2D eigenvalue weighted by Gasteiger charge is -2.37. The van der Waals surface area contributed by atoms with Crippen LogP contribution in [-0.2, 0) is 0 Å². The number of carbonyl (C=O) groups excluding carboxylic acids is 1. The first-order chi connectivity index (χ1) is 13.7. The molecule has 3 heterocycles. The summed E-state index contributed by atoms with van der Waals surface area (Å²) in [5.41, 5.74) is 0. The van der Waals surface area contributed by atoms with Gasteiger partial charge < -0.3 is 9.80 Å². The molecule has 1 aliphatic carbocycles. The summed E-state index contributed by atoms with van der Waals surface area (Å²) < 4.78 is 0. The normalized spacial score (nSPS) is 25.8. The molecule has 156 valence electrons. The quantitative estimate of drug-likeness (QED) is 0.797. The number of amides is 2. The van der Waals surface area contributed by atoms with Gasteiger partial charge in [-0.2, -0.15) is 0 Å². The lowest BCUT2D eigenvalue weighted by molar-refractivity contribution is 0.124. The van der Waals surface area contributed by atoms with Gasteiger partial charge in [-0.05, 0) is 63.5 Å². The molecule has 2 aliphatic heterocycles. The molecular formula is C21H35N5OS. The number of urea groups is 1. The lowest BCUT2D eigenvalue weighted by Crippen LogP contribution is -2.46. The van der Waals surface area contributed by atoms with Crippen LogP contribution in [0.2, 0.25) is 0 Å². The van der Waals surface area contributed by atoms with E-state index in [-0.39, 0.29) is 6.03 Å². The van der Waals surface area contributed by atoms with Gasteiger partial charge in [-0.1, -0.05) is 37.5 Å². The van der Waals surface area contributed by atoms with Crippen LogP contribution in [0.4, 0.5) is 9.93 Å². The van der Waals surface area contributed by atoms with E-state index in [0.29, 0.717) is 17.0 Å². The Morgan fingerprint density at radius 2 is 1.82 bits per heavy atom.